The molecule has 0 atom stereocenters. The van der Waals surface area contributed by atoms with Crippen LogP contribution >= 0.6 is 11.3 Å². The fourth-order valence-corrected chi connectivity index (χ4v) is 1.52. The molecule has 1 aromatic heterocycles. The lowest BCUT2D eigenvalue weighted by Gasteiger charge is -1.95. The molecule has 1 aromatic rings. The number of allylic oxidation sites excluding steroid dienone is 1. The van der Waals surface area contributed by atoms with Crippen molar-refractivity contribution >= 4 is 11.3 Å². The Morgan fingerprint density at radius 2 is 2.60 bits per heavy atom. The van der Waals surface area contributed by atoms with E-state index in [1.807, 2.05) is 17.5 Å². The first-order chi connectivity index (χ1) is 4.88. The molecular formula is C7H9NOS. The summed E-state index contributed by atoms with van der Waals surface area (Å²) in [6, 6.07) is 1.85. The number of nitrogens with two attached hydrogens (primary N) is 1. The topological polar surface area (TPSA) is 35.2 Å². The second kappa shape index (κ2) is 3.39. The van der Waals surface area contributed by atoms with E-state index in [2.05, 4.69) is 11.4 Å². The Bertz CT molecular complexity index is 219. The van der Waals surface area contributed by atoms with Gasteiger partial charge in [-0.3, -0.25) is 0 Å². The maximum absolute atomic E-state index is 5.00. The van der Waals surface area contributed by atoms with Gasteiger partial charge >= 0.3 is 0 Å². The molecule has 10 heavy (non-hydrogen) atoms. The number of rotatable bonds is 3. The van der Waals surface area contributed by atoms with Crippen molar-refractivity contribution < 1.29 is 4.84 Å². The summed E-state index contributed by atoms with van der Waals surface area (Å²) < 4.78 is 0. The normalized spacial score (nSPS) is 9.30. The van der Waals surface area contributed by atoms with E-state index in [0.29, 0.717) is 0 Å². The molecule has 0 aromatic carbocycles. The lowest BCUT2D eigenvalue weighted by atomic mass is 10.3. The lowest BCUT2D eigenvalue weighted by Crippen LogP contribution is -2.01. The van der Waals surface area contributed by atoms with Gasteiger partial charge in [0.2, 0.25) is 0 Å². The van der Waals surface area contributed by atoms with Crippen LogP contribution in [0.2, 0.25) is 0 Å². The van der Waals surface area contributed by atoms with E-state index in [9.17, 15) is 0 Å². The second-order valence-corrected chi connectivity index (χ2v) is 2.82. The van der Waals surface area contributed by atoms with E-state index < -0.39 is 0 Å². The number of thiophene rings is 1. The molecule has 0 radical (unpaired) electrons. The minimum absolute atomic E-state index is 0.755. The first kappa shape index (κ1) is 7.31. The molecule has 0 fully saturated rings. The molecule has 3 heteroatoms. The van der Waals surface area contributed by atoms with Crippen LogP contribution < -0.4 is 10.7 Å². The van der Waals surface area contributed by atoms with Crippen molar-refractivity contribution in [3.05, 3.63) is 29.0 Å². The standard InChI is InChI=1S/C7H9NOS/c1-2-3-7-6(9-8)4-5-10-7/h2,4-5H,1,3,8H2. The average molecular weight is 155 g/mol. The van der Waals surface area contributed by atoms with Crippen molar-refractivity contribution in [2.45, 2.75) is 6.42 Å². The van der Waals surface area contributed by atoms with Crippen LogP contribution in [0.1, 0.15) is 4.88 Å². The van der Waals surface area contributed by atoms with Crippen molar-refractivity contribution in [3.8, 4) is 5.75 Å². The van der Waals surface area contributed by atoms with Gasteiger partial charge in [-0.2, -0.15) is 5.90 Å². The molecule has 0 spiro atoms. The SMILES string of the molecule is C=CCc1sccc1ON. The molecule has 0 saturated carbocycles. The zero-order valence-corrected chi connectivity index (χ0v) is 6.36. The molecule has 0 aliphatic heterocycles. The van der Waals surface area contributed by atoms with Crippen LogP contribution in [0.15, 0.2) is 24.1 Å². The van der Waals surface area contributed by atoms with Gasteiger partial charge < -0.3 is 4.84 Å². The van der Waals surface area contributed by atoms with Gasteiger partial charge in [-0.05, 0) is 11.4 Å². The Morgan fingerprint density at radius 3 is 3.20 bits per heavy atom. The Morgan fingerprint density at radius 1 is 1.80 bits per heavy atom. The van der Waals surface area contributed by atoms with Crippen LogP contribution in [0, 0.1) is 0 Å². The summed E-state index contributed by atoms with van der Waals surface area (Å²) in [4.78, 5) is 5.72. The van der Waals surface area contributed by atoms with Crippen LogP contribution in [0.4, 0.5) is 0 Å². The van der Waals surface area contributed by atoms with E-state index in [4.69, 9.17) is 5.90 Å². The van der Waals surface area contributed by atoms with Gasteiger partial charge in [0.25, 0.3) is 0 Å². The zero-order chi connectivity index (χ0) is 7.40. The minimum atomic E-state index is 0.755. The van der Waals surface area contributed by atoms with E-state index in [1.165, 1.54) is 0 Å². The van der Waals surface area contributed by atoms with Crippen molar-refractivity contribution in [1.82, 2.24) is 0 Å². The van der Waals surface area contributed by atoms with E-state index in [0.717, 1.165) is 17.0 Å². The summed E-state index contributed by atoms with van der Waals surface area (Å²) >= 11 is 1.62. The van der Waals surface area contributed by atoms with Crippen LogP contribution in [0.25, 0.3) is 0 Å². The molecule has 0 bridgehead atoms. The predicted octanol–water partition coefficient (Wildman–Crippen LogP) is 1.73. The third kappa shape index (κ3) is 1.37. The Labute approximate surface area is 63.9 Å². The van der Waals surface area contributed by atoms with Gasteiger partial charge in [-0.25, -0.2) is 0 Å². The summed E-state index contributed by atoms with van der Waals surface area (Å²) in [5, 5.41) is 1.95. The van der Waals surface area contributed by atoms with Gasteiger partial charge in [0.05, 0.1) is 4.88 Å². The Hall–Kier alpha value is -0.800. The third-order valence-electron chi connectivity index (χ3n) is 1.16. The van der Waals surface area contributed by atoms with Gasteiger partial charge in [0.1, 0.15) is 0 Å². The van der Waals surface area contributed by atoms with Gasteiger partial charge in [0, 0.05) is 6.42 Å². The molecule has 1 heterocycles. The summed E-state index contributed by atoms with van der Waals surface area (Å²) in [5.41, 5.74) is 0. The average Bonchev–Trinajstić information content (AvgIpc) is 2.36. The molecule has 0 saturated heterocycles. The highest BCUT2D eigenvalue weighted by molar-refractivity contribution is 7.10. The summed E-state index contributed by atoms with van der Waals surface area (Å²) in [6.07, 6.45) is 2.65. The molecule has 0 unspecified atom stereocenters. The van der Waals surface area contributed by atoms with Crippen LogP contribution in [0.3, 0.4) is 0 Å². The third-order valence-corrected chi connectivity index (χ3v) is 2.09. The first-order valence-electron chi connectivity index (χ1n) is 2.92. The highest BCUT2D eigenvalue weighted by atomic mass is 32.1. The highest BCUT2D eigenvalue weighted by Crippen LogP contribution is 2.24. The molecule has 54 valence electrons. The molecule has 0 aliphatic rings. The van der Waals surface area contributed by atoms with Crippen LogP contribution in [-0.4, -0.2) is 0 Å². The van der Waals surface area contributed by atoms with Gasteiger partial charge in [-0.1, -0.05) is 6.08 Å². The highest BCUT2D eigenvalue weighted by Gasteiger charge is 2.00. The van der Waals surface area contributed by atoms with Crippen LogP contribution in [0.5, 0.6) is 5.75 Å². The van der Waals surface area contributed by atoms with Crippen LogP contribution in [-0.2, 0) is 6.42 Å². The predicted molar refractivity (Wildman–Crippen MR) is 43.0 cm³/mol. The molecule has 2 nitrogen and oxygen atoms in total. The molecule has 1 rings (SSSR count). The Balaban J connectivity index is 2.79. The summed E-state index contributed by atoms with van der Waals surface area (Å²) in [7, 11) is 0. The summed E-state index contributed by atoms with van der Waals surface area (Å²) in [5.74, 6) is 5.75. The minimum Gasteiger partial charge on any atom is -0.410 e. The molecule has 0 amide bonds. The van der Waals surface area contributed by atoms with E-state index in [-0.39, 0.29) is 0 Å². The molecule has 0 aliphatic carbocycles. The smallest absolute Gasteiger partial charge is 0.160 e. The van der Waals surface area contributed by atoms with Crippen molar-refractivity contribution in [2.75, 3.05) is 0 Å². The summed E-state index contributed by atoms with van der Waals surface area (Å²) in [6.45, 7) is 3.62. The quantitative estimate of drug-likeness (QED) is 0.533. The number of hydrogen-bond donors (Lipinski definition) is 1. The van der Waals surface area contributed by atoms with E-state index in [1.54, 1.807) is 11.3 Å². The number of hydrogen-bond acceptors (Lipinski definition) is 3. The zero-order valence-electron chi connectivity index (χ0n) is 5.54. The van der Waals surface area contributed by atoms with Crippen molar-refractivity contribution in [2.24, 2.45) is 5.90 Å². The van der Waals surface area contributed by atoms with Crippen molar-refractivity contribution in [1.29, 1.82) is 0 Å². The maximum atomic E-state index is 5.00. The largest absolute Gasteiger partial charge is 0.410 e. The molecule has 2 N–H and O–H groups in total. The lowest BCUT2D eigenvalue weighted by molar-refractivity contribution is 0.333. The van der Waals surface area contributed by atoms with Gasteiger partial charge in [0.15, 0.2) is 5.75 Å². The maximum Gasteiger partial charge on any atom is 0.160 e. The Kier molecular flexibility index (Phi) is 2.48. The van der Waals surface area contributed by atoms with Gasteiger partial charge in [-0.15, -0.1) is 17.9 Å². The van der Waals surface area contributed by atoms with Crippen molar-refractivity contribution in [3.63, 3.8) is 0 Å². The fourth-order valence-electron chi connectivity index (χ4n) is 0.714. The second-order valence-electron chi connectivity index (χ2n) is 1.82. The van der Waals surface area contributed by atoms with E-state index >= 15 is 0 Å². The molecular weight excluding hydrogens is 146 g/mol. The fraction of sp³-hybridized carbons (Fsp3) is 0.143. The monoisotopic (exact) mass is 155 g/mol. The first-order valence-corrected chi connectivity index (χ1v) is 3.80.